The van der Waals surface area contributed by atoms with Crippen molar-refractivity contribution in [1.29, 1.82) is 0 Å². The minimum Gasteiger partial charge on any atom is -0.373 e. The Labute approximate surface area is 118 Å². The molecule has 0 atom stereocenters. The predicted molar refractivity (Wildman–Crippen MR) is 85.2 cm³/mol. The smallest absolute Gasteiger partial charge is 0.0393 e. The lowest BCUT2D eigenvalue weighted by Gasteiger charge is -2.22. The van der Waals surface area contributed by atoms with Crippen LogP contribution in [0.5, 0.6) is 0 Å². The van der Waals surface area contributed by atoms with Crippen molar-refractivity contribution in [2.24, 2.45) is 0 Å². The average molecular weight is 263 g/mol. The van der Waals surface area contributed by atoms with Gasteiger partial charge in [0.15, 0.2) is 0 Å². The maximum absolute atomic E-state index is 3.50. The highest BCUT2D eigenvalue weighted by molar-refractivity contribution is 5.53. The average Bonchev–Trinajstić information content (AvgIpc) is 2.32. The molecule has 0 radical (unpaired) electrons. The summed E-state index contributed by atoms with van der Waals surface area (Å²) in [6.45, 7) is 8.66. The van der Waals surface area contributed by atoms with Crippen molar-refractivity contribution >= 4 is 5.69 Å². The molecule has 1 aromatic carbocycles. The van der Waals surface area contributed by atoms with Crippen molar-refractivity contribution in [2.75, 3.05) is 52.2 Å². The van der Waals surface area contributed by atoms with Gasteiger partial charge in [0.25, 0.3) is 0 Å². The lowest BCUT2D eigenvalue weighted by Crippen LogP contribution is -2.31. The van der Waals surface area contributed by atoms with Crippen LogP contribution in [-0.2, 0) is 0 Å². The van der Waals surface area contributed by atoms with Crippen molar-refractivity contribution in [2.45, 2.75) is 20.3 Å². The van der Waals surface area contributed by atoms with Crippen LogP contribution in [0.2, 0.25) is 0 Å². The van der Waals surface area contributed by atoms with Gasteiger partial charge >= 0.3 is 0 Å². The van der Waals surface area contributed by atoms with E-state index in [9.17, 15) is 0 Å². The van der Waals surface area contributed by atoms with E-state index < -0.39 is 0 Å². The number of benzene rings is 1. The molecular formula is C16H29N3. The molecule has 0 saturated heterocycles. The summed E-state index contributed by atoms with van der Waals surface area (Å²) in [5, 5.41) is 3.50. The normalized spacial score (nSPS) is 11.1. The van der Waals surface area contributed by atoms with Gasteiger partial charge in [0, 0.05) is 25.8 Å². The van der Waals surface area contributed by atoms with Crippen molar-refractivity contribution in [3.8, 4) is 0 Å². The SMILES string of the molecule is Cc1ccc(N(C)CCNCCCN(C)C)c(C)c1. The van der Waals surface area contributed by atoms with Crippen LogP contribution in [0, 0.1) is 13.8 Å². The molecule has 0 heterocycles. The molecular weight excluding hydrogens is 234 g/mol. The van der Waals surface area contributed by atoms with Crippen LogP contribution in [0.25, 0.3) is 0 Å². The molecule has 0 bridgehead atoms. The topological polar surface area (TPSA) is 18.5 Å². The fourth-order valence-electron chi connectivity index (χ4n) is 2.25. The molecule has 1 aromatic rings. The monoisotopic (exact) mass is 263 g/mol. The minimum atomic E-state index is 1.04. The number of anilines is 1. The molecule has 3 heteroatoms. The number of hydrogen-bond donors (Lipinski definition) is 1. The van der Waals surface area contributed by atoms with Crippen LogP contribution in [-0.4, -0.2) is 52.2 Å². The van der Waals surface area contributed by atoms with Gasteiger partial charge < -0.3 is 15.1 Å². The van der Waals surface area contributed by atoms with E-state index in [2.05, 4.69) is 68.3 Å². The first-order valence-electron chi connectivity index (χ1n) is 7.14. The maximum atomic E-state index is 3.50. The van der Waals surface area contributed by atoms with Crippen LogP contribution >= 0.6 is 0 Å². The largest absolute Gasteiger partial charge is 0.373 e. The molecule has 0 spiro atoms. The van der Waals surface area contributed by atoms with E-state index in [1.54, 1.807) is 0 Å². The number of hydrogen-bond acceptors (Lipinski definition) is 3. The Morgan fingerprint density at radius 3 is 2.37 bits per heavy atom. The molecule has 1 N–H and O–H groups in total. The van der Waals surface area contributed by atoms with Gasteiger partial charge in [-0.1, -0.05) is 17.7 Å². The van der Waals surface area contributed by atoms with E-state index in [-0.39, 0.29) is 0 Å². The van der Waals surface area contributed by atoms with Gasteiger partial charge in [0.2, 0.25) is 0 Å². The number of aryl methyl sites for hydroxylation is 2. The summed E-state index contributed by atoms with van der Waals surface area (Å²) in [7, 11) is 6.40. The lowest BCUT2D eigenvalue weighted by molar-refractivity contribution is 0.395. The van der Waals surface area contributed by atoms with Gasteiger partial charge in [0.1, 0.15) is 0 Å². The van der Waals surface area contributed by atoms with Crippen molar-refractivity contribution in [3.05, 3.63) is 29.3 Å². The molecule has 0 aromatic heterocycles. The molecule has 1 rings (SSSR count). The number of nitrogens with zero attached hydrogens (tertiary/aromatic N) is 2. The van der Waals surface area contributed by atoms with Crippen molar-refractivity contribution < 1.29 is 0 Å². The Morgan fingerprint density at radius 1 is 1.00 bits per heavy atom. The summed E-state index contributed by atoms with van der Waals surface area (Å²) in [5.74, 6) is 0. The third-order valence-corrected chi connectivity index (χ3v) is 3.35. The summed E-state index contributed by atoms with van der Waals surface area (Å²) >= 11 is 0. The Morgan fingerprint density at radius 2 is 1.74 bits per heavy atom. The van der Waals surface area contributed by atoms with Crippen LogP contribution < -0.4 is 10.2 Å². The highest BCUT2D eigenvalue weighted by Crippen LogP contribution is 2.19. The lowest BCUT2D eigenvalue weighted by atomic mass is 10.1. The van der Waals surface area contributed by atoms with E-state index in [1.807, 2.05) is 0 Å². The molecule has 0 aliphatic heterocycles. The highest BCUT2D eigenvalue weighted by atomic mass is 15.1. The third-order valence-electron chi connectivity index (χ3n) is 3.35. The van der Waals surface area contributed by atoms with E-state index in [1.165, 1.54) is 23.2 Å². The number of rotatable bonds is 8. The second-order valence-electron chi connectivity index (χ2n) is 5.62. The van der Waals surface area contributed by atoms with E-state index in [0.29, 0.717) is 0 Å². The molecule has 0 aliphatic carbocycles. The molecule has 19 heavy (non-hydrogen) atoms. The number of likely N-dealkylation sites (N-methyl/N-ethyl adjacent to an activating group) is 1. The predicted octanol–water partition coefficient (Wildman–Crippen LogP) is 2.28. The van der Waals surface area contributed by atoms with Gasteiger partial charge in [-0.15, -0.1) is 0 Å². The van der Waals surface area contributed by atoms with Gasteiger partial charge in [-0.25, -0.2) is 0 Å². The zero-order valence-corrected chi connectivity index (χ0v) is 13.2. The standard InChI is InChI=1S/C16H29N3/c1-14-7-8-16(15(2)13-14)19(5)12-10-17-9-6-11-18(3)4/h7-8,13,17H,6,9-12H2,1-5H3. The minimum absolute atomic E-state index is 1.04. The van der Waals surface area contributed by atoms with Crippen molar-refractivity contribution in [1.82, 2.24) is 10.2 Å². The molecule has 108 valence electrons. The molecule has 3 nitrogen and oxygen atoms in total. The zero-order valence-electron chi connectivity index (χ0n) is 13.2. The quantitative estimate of drug-likeness (QED) is 0.726. The Bertz CT molecular complexity index is 374. The summed E-state index contributed by atoms with van der Waals surface area (Å²) in [4.78, 5) is 4.55. The first-order chi connectivity index (χ1) is 9.00. The summed E-state index contributed by atoms with van der Waals surface area (Å²) in [5.41, 5.74) is 4.02. The first-order valence-corrected chi connectivity index (χ1v) is 7.14. The van der Waals surface area contributed by atoms with E-state index >= 15 is 0 Å². The molecule has 0 amide bonds. The summed E-state index contributed by atoms with van der Waals surface area (Å²) in [6.07, 6.45) is 1.21. The number of nitrogens with one attached hydrogen (secondary N) is 1. The van der Waals surface area contributed by atoms with E-state index in [0.717, 1.165) is 26.2 Å². The van der Waals surface area contributed by atoms with Crippen LogP contribution in [0.4, 0.5) is 5.69 Å². The molecule has 0 saturated carbocycles. The molecule has 0 aliphatic rings. The molecule has 0 unspecified atom stereocenters. The van der Waals surface area contributed by atoms with Crippen LogP contribution in [0.1, 0.15) is 17.5 Å². The second-order valence-corrected chi connectivity index (χ2v) is 5.62. The van der Waals surface area contributed by atoms with Crippen LogP contribution in [0.3, 0.4) is 0 Å². The second kappa shape index (κ2) is 8.18. The Balaban J connectivity index is 2.25. The Hall–Kier alpha value is -1.06. The third kappa shape index (κ3) is 6.08. The highest BCUT2D eigenvalue weighted by Gasteiger charge is 2.03. The summed E-state index contributed by atoms with van der Waals surface area (Å²) < 4.78 is 0. The van der Waals surface area contributed by atoms with Gasteiger partial charge in [-0.3, -0.25) is 0 Å². The van der Waals surface area contributed by atoms with Gasteiger partial charge in [-0.05, 0) is 59.1 Å². The van der Waals surface area contributed by atoms with Gasteiger partial charge in [-0.2, -0.15) is 0 Å². The van der Waals surface area contributed by atoms with E-state index in [4.69, 9.17) is 0 Å². The first kappa shape index (κ1) is 16.0. The molecule has 0 fully saturated rings. The van der Waals surface area contributed by atoms with Gasteiger partial charge in [0.05, 0.1) is 0 Å². The van der Waals surface area contributed by atoms with Crippen LogP contribution in [0.15, 0.2) is 18.2 Å². The van der Waals surface area contributed by atoms with Crippen molar-refractivity contribution in [3.63, 3.8) is 0 Å². The Kier molecular flexibility index (Phi) is 6.89. The fraction of sp³-hybridized carbons (Fsp3) is 0.625. The maximum Gasteiger partial charge on any atom is 0.0393 e. The summed E-state index contributed by atoms with van der Waals surface area (Å²) in [6, 6.07) is 6.65. The zero-order chi connectivity index (χ0) is 14.3. The fourth-order valence-corrected chi connectivity index (χ4v) is 2.25.